The Morgan fingerprint density at radius 2 is 1.92 bits per heavy atom. The lowest BCUT2D eigenvalue weighted by atomic mass is 10.2. The molecule has 7 heteroatoms. The first-order chi connectivity index (χ1) is 11.5. The van der Waals surface area contributed by atoms with Crippen LogP contribution in [0.5, 0.6) is 0 Å². The highest BCUT2D eigenvalue weighted by atomic mass is 19.4. The number of anilines is 1. The van der Waals surface area contributed by atoms with Gasteiger partial charge in [0.25, 0.3) is 0 Å². The van der Waals surface area contributed by atoms with E-state index in [0.717, 1.165) is 22.9 Å². The first kappa shape index (κ1) is 16.3. The summed E-state index contributed by atoms with van der Waals surface area (Å²) in [6.07, 6.45) is -1.73. The van der Waals surface area contributed by atoms with E-state index in [-0.39, 0.29) is 5.82 Å². The van der Waals surface area contributed by atoms with Crippen LogP contribution in [-0.4, -0.2) is 21.1 Å². The number of imidazole rings is 1. The second-order valence-electron chi connectivity index (χ2n) is 5.50. The number of hydrogen-bond acceptors (Lipinski definition) is 3. The molecule has 0 aliphatic carbocycles. The van der Waals surface area contributed by atoms with E-state index in [1.165, 1.54) is 12.3 Å². The average Bonchev–Trinajstić information content (AvgIpc) is 2.88. The van der Waals surface area contributed by atoms with E-state index in [2.05, 4.69) is 15.3 Å². The summed E-state index contributed by atoms with van der Waals surface area (Å²) in [7, 11) is 1.94. The third-order valence-electron chi connectivity index (χ3n) is 3.86. The quantitative estimate of drug-likeness (QED) is 0.716. The second kappa shape index (κ2) is 6.51. The zero-order valence-corrected chi connectivity index (χ0v) is 13.1. The molecule has 0 fully saturated rings. The maximum absolute atomic E-state index is 12.9. The van der Waals surface area contributed by atoms with Crippen LogP contribution >= 0.6 is 0 Å². The van der Waals surface area contributed by atoms with Crippen molar-refractivity contribution in [3.8, 4) is 0 Å². The van der Waals surface area contributed by atoms with Crippen molar-refractivity contribution in [2.45, 2.75) is 19.0 Å². The van der Waals surface area contributed by atoms with Gasteiger partial charge in [0.05, 0.1) is 16.6 Å². The second-order valence-corrected chi connectivity index (χ2v) is 5.50. The number of pyridine rings is 1. The van der Waals surface area contributed by atoms with E-state index in [1.807, 2.05) is 35.9 Å². The van der Waals surface area contributed by atoms with Crippen LogP contribution in [0.15, 0.2) is 42.6 Å². The summed E-state index contributed by atoms with van der Waals surface area (Å²) in [4.78, 5) is 8.34. The van der Waals surface area contributed by atoms with Crippen LogP contribution in [0.4, 0.5) is 19.0 Å². The van der Waals surface area contributed by atoms with Gasteiger partial charge in [0, 0.05) is 26.2 Å². The minimum atomic E-state index is -4.41. The fourth-order valence-corrected chi connectivity index (χ4v) is 2.65. The van der Waals surface area contributed by atoms with Crippen LogP contribution in [0.1, 0.15) is 17.8 Å². The molecular formula is C17H17F3N4. The van der Waals surface area contributed by atoms with E-state index >= 15 is 0 Å². The molecule has 126 valence electrons. The van der Waals surface area contributed by atoms with Crippen molar-refractivity contribution in [3.63, 3.8) is 0 Å². The summed E-state index contributed by atoms with van der Waals surface area (Å²) in [6.45, 7) is 0.392. The Labute approximate surface area is 137 Å². The number of rotatable bonds is 5. The van der Waals surface area contributed by atoms with Crippen molar-refractivity contribution in [2.75, 3.05) is 11.9 Å². The fraction of sp³-hybridized carbons (Fsp3) is 0.294. The molecule has 0 amide bonds. The van der Waals surface area contributed by atoms with Gasteiger partial charge < -0.3 is 9.88 Å². The lowest BCUT2D eigenvalue weighted by molar-refractivity contribution is -0.137. The monoisotopic (exact) mass is 334 g/mol. The molecule has 2 aromatic heterocycles. The third-order valence-corrected chi connectivity index (χ3v) is 3.86. The summed E-state index contributed by atoms with van der Waals surface area (Å²) >= 11 is 0. The SMILES string of the molecule is Cn1c(CCCNc2ncccc2C(F)(F)F)nc2ccccc21. The first-order valence-electron chi connectivity index (χ1n) is 7.63. The Hall–Kier alpha value is -2.57. The van der Waals surface area contributed by atoms with Gasteiger partial charge in [-0.05, 0) is 30.7 Å². The van der Waals surface area contributed by atoms with Crippen LogP contribution < -0.4 is 5.32 Å². The van der Waals surface area contributed by atoms with Gasteiger partial charge >= 0.3 is 6.18 Å². The number of aromatic nitrogens is 3. The number of para-hydroxylation sites is 2. The molecule has 4 nitrogen and oxygen atoms in total. The van der Waals surface area contributed by atoms with Gasteiger partial charge in [-0.2, -0.15) is 13.2 Å². The molecule has 1 aromatic carbocycles. The highest BCUT2D eigenvalue weighted by Gasteiger charge is 2.33. The smallest absolute Gasteiger partial charge is 0.370 e. The molecular weight excluding hydrogens is 317 g/mol. The van der Waals surface area contributed by atoms with E-state index in [9.17, 15) is 13.2 Å². The number of benzene rings is 1. The van der Waals surface area contributed by atoms with Crippen LogP contribution in [0.2, 0.25) is 0 Å². The normalized spacial score (nSPS) is 11.8. The van der Waals surface area contributed by atoms with Gasteiger partial charge in [-0.25, -0.2) is 9.97 Å². The number of nitrogens with zero attached hydrogens (tertiary/aromatic N) is 3. The Balaban J connectivity index is 1.62. The average molecular weight is 334 g/mol. The van der Waals surface area contributed by atoms with Crippen molar-refractivity contribution in [1.82, 2.24) is 14.5 Å². The van der Waals surface area contributed by atoms with Gasteiger partial charge in [0.1, 0.15) is 11.6 Å². The minimum absolute atomic E-state index is 0.130. The van der Waals surface area contributed by atoms with Gasteiger partial charge in [0.2, 0.25) is 0 Å². The van der Waals surface area contributed by atoms with E-state index in [1.54, 1.807) is 0 Å². The zero-order chi connectivity index (χ0) is 17.2. The standard InChI is InChI=1S/C17H17F3N4/c1-24-14-8-3-2-7-13(14)23-15(24)9-5-11-22-16-12(17(18,19)20)6-4-10-21-16/h2-4,6-8,10H,5,9,11H2,1H3,(H,21,22). The van der Waals surface area contributed by atoms with Crippen LogP contribution in [0.3, 0.4) is 0 Å². The minimum Gasteiger partial charge on any atom is -0.370 e. The Morgan fingerprint density at radius 1 is 1.12 bits per heavy atom. The maximum atomic E-state index is 12.9. The van der Waals surface area contributed by atoms with Crippen LogP contribution in [0, 0.1) is 0 Å². The molecule has 3 aromatic rings. The molecule has 0 saturated carbocycles. The third kappa shape index (κ3) is 3.34. The molecule has 0 spiro atoms. The molecule has 1 N–H and O–H groups in total. The molecule has 3 rings (SSSR count). The lowest BCUT2D eigenvalue weighted by Gasteiger charge is -2.13. The molecule has 2 heterocycles. The Kier molecular flexibility index (Phi) is 4.42. The van der Waals surface area contributed by atoms with E-state index < -0.39 is 11.7 Å². The number of nitrogens with one attached hydrogen (secondary N) is 1. The van der Waals surface area contributed by atoms with Crippen molar-refractivity contribution in [3.05, 3.63) is 54.0 Å². The largest absolute Gasteiger partial charge is 0.419 e. The highest BCUT2D eigenvalue weighted by Crippen LogP contribution is 2.33. The van der Waals surface area contributed by atoms with Gasteiger partial charge in [-0.15, -0.1) is 0 Å². The van der Waals surface area contributed by atoms with Crippen molar-refractivity contribution in [1.29, 1.82) is 0 Å². The summed E-state index contributed by atoms with van der Waals surface area (Å²) in [5.74, 6) is 0.782. The predicted molar refractivity (Wildman–Crippen MR) is 86.8 cm³/mol. The molecule has 24 heavy (non-hydrogen) atoms. The van der Waals surface area contributed by atoms with E-state index in [0.29, 0.717) is 19.4 Å². The number of halogens is 3. The number of alkyl halides is 3. The predicted octanol–water partition coefficient (Wildman–Crippen LogP) is 4.03. The van der Waals surface area contributed by atoms with Crippen LogP contribution in [-0.2, 0) is 19.6 Å². The number of aryl methyl sites for hydroxylation is 2. The van der Waals surface area contributed by atoms with E-state index in [4.69, 9.17) is 0 Å². The maximum Gasteiger partial charge on any atom is 0.419 e. The summed E-state index contributed by atoms with van der Waals surface area (Å²) in [6, 6.07) is 10.1. The summed E-state index contributed by atoms with van der Waals surface area (Å²) in [5, 5.41) is 2.78. The lowest BCUT2D eigenvalue weighted by Crippen LogP contribution is -2.13. The summed E-state index contributed by atoms with van der Waals surface area (Å²) < 4.78 is 40.7. The van der Waals surface area contributed by atoms with Gasteiger partial charge in [-0.3, -0.25) is 0 Å². The zero-order valence-electron chi connectivity index (χ0n) is 13.1. The Bertz CT molecular complexity index is 839. The van der Waals surface area contributed by atoms with Gasteiger partial charge in [-0.1, -0.05) is 12.1 Å². The number of fused-ring (bicyclic) bond motifs is 1. The molecule has 0 radical (unpaired) electrons. The highest BCUT2D eigenvalue weighted by molar-refractivity contribution is 5.75. The fourth-order valence-electron chi connectivity index (χ4n) is 2.65. The molecule has 0 aliphatic rings. The van der Waals surface area contributed by atoms with Crippen molar-refractivity contribution < 1.29 is 13.2 Å². The topological polar surface area (TPSA) is 42.7 Å². The molecule has 0 bridgehead atoms. The molecule has 0 unspecified atom stereocenters. The first-order valence-corrected chi connectivity index (χ1v) is 7.63. The number of hydrogen-bond donors (Lipinski definition) is 1. The van der Waals surface area contributed by atoms with Crippen LogP contribution in [0.25, 0.3) is 11.0 Å². The Morgan fingerprint density at radius 3 is 2.67 bits per heavy atom. The molecule has 0 atom stereocenters. The van der Waals surface area contributed by atoms with Gasteiger partial charge in [0.15, 0.2) is 0 Å². The molecule has 0 saturated heterocycles. The summed E-state index contributed by atoms with van der Waals surface area (Å²) in [5.41, 5.74) is 1.23. The van der Waals surface area contributed by atoms with Crippen molar-refractivity contribution in [2.24, 2.45) is 7.05 Å². The van der Waals surface area contributed by atoms with Crippen molar-refractivity contribution >= 4 is 16.9 Å². The molecule has 0 aliphatic heterocycles.